The number of aryl methyl sites for hydroxylation is 1. The summed E-state index contributed by atoms with van der Waals surface area (Å²) in [5.41, 5.74) is 1.12. The molecule has 0 heterocycles. The van der Waals surface area contributed by atoms with Crippen LogP contribution in [0.15, 0.2) is 24.3 Å². The lowest BCUT2D eigenvalue weighted by Gasteiger charge is -2.23. The molecule has 1 aromatic rings. The highest BCUT2D eigenvalue weighted by atomic mass is 31.2. The van der Waals surface area contributed by atoms with Gasteiger partial charge < -0.3 is 9.05 Å². The van der Waals surface area contributed by atoms with E-state index in [9.17, 15) is 4.57 Å². The standard InChI is InChI=1S/C13H21O3P/c1-10(2)15-17(14,16-11(3)4)13-8-6-12(5)7-9-13/h6-11H,1-5H3. The summed E-state index contributed by atoms with van der Waals surface area (Å²) in [5.74, 6) is 0. The van der Waals surface area contributed by atoms with Crippen molar-refractivity contribution in [1.29, 1.82) is 0 Å². The largest absolute Gasteiger partial charge is 0.361 e. The molecule has 0 saturated carbocycles. The van der Waals surface area contributed by atoms with E-state index in [1.54, 1.807) is 12.1 Å². The molecule has 0 spiro atoms. The van der Waals surface area contributed by atoms with E-state index >= 15 is 0 Å². The maximum Gasteiger partial charge on any atom is 0.361 e. The summed E-state index contributed by atoms with van der Waals surface area (Å²) in [4.78, 5) is 0. The Morgan fingerprint density at radius 3 is 1.71 bits per heavy atom. The zero-order chi connectivity index (χ0) is 13.1. The maximum atomic E-state index is 12.7. The van der Waals surface area contributed by atoms with Crippen molar-refractivity contribution in [2.75, 3.05) is 0 Å². The van der Waals surface area contributed by atoms with Crippen molar-refractivity contribution in [2.24, 2.45) is 0 Å². The molecular formula is C13H21O3P. The van der Waals surface area contributed by atoms with Crippen molar-refractivity contribution < 1.29 is 13.6 Å². The lowest BCUT2D eigenvalue weighted by molar-refractivity contribution is 0.150. The highest BCUT2D eigenvalue weighted by molar-refractivity contribution is 7.62. The third-order valence-electron chi connectivity index (χ3n) is 2.05. The van der Waals surface area contributed by atoms with Crippen LogP contribution in [0.5, 0.6) is 0 Å². The lowest BCUT2D eigenvalue weighted by Crippen LogP contribution is -2.16. The molecule has 0 fully saturated rings. The second-order valence-electron chi connectivity index (χ2n) is 4.64. The third kappa shape index (κ3) is 4.27. The molecule has 0 aliphatic heterocycles. The summed E-state index contributed by atoms with van der Waals surface area (Å²) in [6, 6.07) is 7.44. The van der Waals surface area contributed by atoms with Crippen LogP contribution in [0.2, 0.25) is 0 Å². The predicted octanol–water partition coefficient (Wildman–Crippen LogP) is 3.66. The van der Waals surface area contributed by atoms with Crippen LogP contribution in [0.1, 0.15) is 33.3 Å². The van der Waals surface area contributed by atoms with Gasteiger partial charge in [0.25, 0.3) is 0 Å². The van der Waals surface area contributed by atoms with Crippen molar-refractivity contribution in [3.05, 3.63) is 29.8 Å². The Morgan fingerprint density at radius 2 is 1.35 bits per heavy atom. The van der Waals surface area contributed by atoms with Gasteiger partial charge in [0.2, 0.25) is 0 Å². The van der Waals surface area contributed by atoms with Crippen molar-refractivity contribution in [1.82, 2.24) is 0 Å². The first kappa shape index (κ1) is 14.4. The van der Waals surface area contributed by atoms with Gasteiger partial charge >= 0.3 is 7.60 Å². The first-order chi connectivity index (χ1) is 7.83. The second-order valence-corrected chi connectivity index (χ2v) is 6.57. The minimum Gasteiger partial charge on any atom is -0.302 e. The second kappa shape index (κ2) is 5.81. The van der Waals surface area contributed by atoms with Crippen LogP contribution in [-0.2, 0) is 13.6 Å². The van der Waals surface area contributed by atoms with E-state index in [1.165, 1.54) is 0 Å². The fourth-order valence-corrected chi connectivity index (χ4v) is 3.35. The zero-order valence-electron chi connectivity index (χ0n) is 11.1. The quantitative estimate of drug-likeness (QED) is 0.754. The third-order valence-corrected chi connectivity index (χ3v) is 4.38. The Kier molecular flexibility index (Phi) is 4.93. The fourth-order valence-electron chi connectivity index (χ4n) is 1.43. The van der Waals surface area contributed by atoms with E-state index in [1.807, 2.05) is 46.8 Å². The highest BCUT2D eigenvalue weighted by Crippen LogP contribution is 2.49. The summed E-state index contributed by atoms with van der Waals surface area (Å²) < 4.78 is 23.7. The molecule has 0 radical (unpaired) electrons. The number of hydrogen-bond donors (Lipinski definition) is 0. The van der Waals surface area contributed by atoms with Crippen LogP contribution < -0.4 is 5.30 Å². The van der Waals surface area contributed by atoms with E-state index in [0.29, 0.717) is 5.30 Å². The lowest BCUT2D eigenvalue weighted by atomic mass is 10.2. The van der Waals surface area contributed by atoms with Gasteiger partial charge in [-0.3, -0.25) is 4.57 Å². The summed E-state index contributed by atoms with van der Waals surface area (Å²) in [5, 5.41) is 0.616. The average molecular weight is 256 g/mol. The molecule has 1 rings (SSSR count). The maximum absolute atomic E-state index is 12.7. The molecule has 0 unspecified atom stereocenters. The zero-order valence-corrected chi connectivity index (χ0v) is 12.0. The highest BCUT2D eigenvalue weighted by Gasteiger charge is 2.30. The molecule has 3 nitrogen and oxygen atoms in total. The van der Waals surface area contributed by atoms with E-state index in [4.69, 9.17) is 9.05 Å². The van der Waals surface area contributed by atoms with Crippen LogP contribution in [0, 0.1) is 6.92 Å². The van der Waals surface area contributed by atoms with Gasteiger partial charge in [-0.1, -0.05) is 17.7 Å². The van der Waals surface area contributed by atoms with E-state index in [-0.39, 0.29) is 12.2 Å². The van der Waals surface area contributed by atoms with Gasteiger partial charge in [0.15, 0.2) is 0 Å². The monoisotopic (exact) mass is 256 g/mol. The van der Waals surface area contributed by atoms with Crippen LogP contribution >= 0.6 is 7.60 Å². The molecule has 0 saturated heterocycles. The Labute approximate surface area is 104 Å². The molecule has 0 bridgehead atoms. The molecule has 96 valence electrons. The Hall–Kier alpha value is -0.630. The van der Waals surface area contributed by atoms with Crippen molar-refractivity contribution >= 4 is 12.9 Å². The van der Waals surface area contributed by atoms with Gasteiger partial charge in [-0.05, 0) is 46.8 Å². The number of hydrogen-bond acceptors (Lipinski definition) is 3. The smallest absolute Gasteiger partial charge is 0.302 e. The van der Waals surface area contributed by atoms with Gasteiger partial charge in [0, 0.05) is 0 Å². The Bertz CT molecular complexity index is 382. The Morgan fingerprint density at radius 1 is 0.941 bits per heavy atom. The van der Waals surface area contributed by atoms with Crippen molar-refractivity contribution in [3.8, 4) is 0 Å². The SMILES string of the molecule is Cc1ccc(P(=O)(OC(C)C)OC(C)C)cc1. The van der Waals surface area contributed by atoms with Gasteiger partial charge in [-0.15, -0.1) is 0 Å². The summed E-state index contributed by atoms with van der Waals surface area (Å²) in [6.07, 6.45) is -0.276. The molecule has 17 heavy (non-hydrogen) atoms. The molecule has 0 aliphatic carbocycles. The Balaban J connectivity index is 3.05. The minimum absolute atomic E-state index is 0.138. The average Bonchev–Trinajstić information content (AvgIpc) is 2.15. The molecule has 1 aromatic carbocycles. The summed E-state index contributed by atoms with van der Waals surface area (Å²) >= 11 is 0. The number of rotatable bonds is 5. The van der Waals surface area contributed by atoms with Gasteiger partial charge in [0.1, 0.15) is 0 Å². The molecule has 4 heteroatoms. The van der Waals surface area contributed by atoms with Crippen LogP contribution in [-0.4, -0.2) is 12.2 Å². The van der Waals surface area contributed by atoms with Gasteiger partial charge in [0.05, 0.1) is 17.5 Å². The first-order valence-electron chi connectivity index (χ1n) is 5.87. The van der Waals surface area contributed by atoms with E-state index in [2.05, 4.69) is 0 Å². The molecule has 0 N–H and O–H groups in total. The molecule has 0 aliphatic rings. The van der Waals surface area contributed by atoms with Crippen LogP contribution in [0.4, 0.5) is 0 Å². The van der Waals surface area contributed by atoms with Gasteiger partial charge in [-0.2, -0.15) is 0 Å². The summed E-state index contributed by atoms with van der Waals surface area (Å²) in [6.45, 7) is 9.39. The van der Waals surface area contributed by atoms with E-state index < -0.39 is 7.60 Å². The number of benzene rings is 1. The van der Waals surface area contributed by atoms with Gasteiger partial charge in [-0.25, -0.2) is 0 Å². The van der Waals surface area contributed by atoms with Crippen LogP contribution in [0.25, 0.3) is 0 Å². The molecule has 0 aromatic heterocycles. The van der Waals surface area contributed by atoms with Crippen molar-refractivity contribution in [2.45, 2.75) is 46.8 Å². The minimum atomic E-state index is -3.20. The summed E-state index contributed by atoms with van der Waals surface area (Å²) in [7, 11) is -3.20. The van der Waals surface area contributed by atoms with E-state index in [0.717, 1.165) is 5.56 Å². The predicted molar refractivity (Wildman–Crippen MR) is 70.9 cm³/mol. The molecule has 0 atom stereocenters. The normalized spacial score (nSPS) is 12.4. The molecule has 0 amide bonds. The van der Waals surface area contributed by atoms with Crippen LogP contribution in [0.3, 0.4) is 0 Å². The first-order valence-corrected chi connectivity index (χ1v) is 7.42. The molecular weight excluding hydrogens is 235 g/mol. The topological polar surface area (TPSA) is 35.5 Å². The fraction of sp³-hybridized carbons (Fsp3) is 0.538. The van der Waals surface area contributed by atoms with Crippen molar-refractivity contribution in [3.63, 3.8) is 0 Å².